The number of benzene rings is 3. The van der Waals surface area contributed by atoms with Crippen molar-refractivity contribution in [2.75, 3.05) is 5.43 Å². The standard InChI is InChI=1S/C20H15N3/c1-2-5-17-13-19(9-8-16(17)4-1)23-22-14-15-7-10-20-18(12-15)6-3-11-21-20/h1-14,23H. The quantitative estimate of drug-likeness (QED) is 0.434. The van der Waals surface area contributed by atoms with Crippen molar-refractivity contribution in [1.29, 1.82) is 0 Å². The topological polar surface area (TPSA) is 37.3 Å². The fourth-order valence-corrected chi connectivity index (χ4v) is 2.61. The minimum absolute atomic E-state index is 0.974. The van der Waals surface area contributed by atoms with Gasteiger partial charge in [-0.1, -0.05) is 42.5 Å². The molecule has 0 saturated carbocycles. The average molecular weight is 297 g/mol. The lowest BCUT2D eigenvalue weighted by atomic mass is 10.1. The van der Waals surface area contributed by atoms with E-state index in [4.69, 9.17) is 0 Å². The number of hydrogen-bond acceptors (Lipinski definition) is 3. The summed E-state index contributed by atoms with van der Waals surface area (Å²) in [5, 5.41) is 7.87. The smallest absolute Gasteiger partial charge is 0.0702 e. The van der Waals surface area contributed by atoms with Crippen molar-refractivity contribution in [1.82, 2.24) is 4.98 Å². The predicted molar refractivity (Wildman–Crippen MR) is 96.9 cm³/mol. The maximum absolute atomic E-state index is 4.33. The van der Waals surface area contributed by atoms with Crippen LogP contribution in [0.1, 0.15) is 5.56 Å². The van der Waals surface area contributed by atoms with Crippen LogP contribution >= 0.6 is 0 Å². The normalized spacial score (nSPS) is 11.3. The number of rotatable bonds is 3. The van der Waals surface area contributed by atoms with Crippen LogP contribution in [0.25, 0.3) is 21.7 Å². The summed E-state index contributed by atoms with van der Waals surface area (Å²) >= 11 is 0. The van der Waals surface area contributed by atoms with Crippen LogP contribution in [0, 0.1) is 0 Å². The second kappa shape index (κ2) is 5.89. The number of anilines is 1. The van der Waals surface area contributed by atoms with Gasteiger partial charge in [0.05, 0.1) is 17.4 Å². The maximum atomic E-state index is 4.33. The first-order valence-electron chi connectivity index (χ1n) is 7.51. The fraction of sp³-hybridized carbons (Fsp3) is 0. The molecule has 0 atom stereocenters. The third-order valence-corrected chi connectivity index (χ3v) is 3.78. The molecule has 0 bridgehead atoms. The largest absolute Gasteiger partial charge is 0.278 e. The third kappa shape index (κ3) is 2.90. The van der Waals surface area contributed by atoms with Crippen molar-refractivity contribution in [3.63, 3.8) is 0 Å². The Labute approximate surface area is 134 Å². The SMILES string of the molecule is C(=NNc1ccc2ccccc2c1)c1ccc2ncccc2c1. The molecule has 0 aliphatic carbocycles. The molecule has 1 heterocycles. The summed E-state index contributed by atoms with van der Waals surface area (Å²) in [5.41, 5.74) is 6.09. The summed E-state index contributed by atoms with van der Waals surface area (Å²) in [4.78, 5) is 4.32. The van der Waals surface area contributed by atoms with Crippen LogP contribution in [0.3, 0.4) is 0 Å². The summed E-state index contributed by atoms with van der Waals surface area (Å²) < 4.78 is 0. The summed E-state index contributed by atoms with van der Waals surface area (Å²) in [6.07, 6.45) is 3.62. The van der Waals surface area contributed by atoms with E-state index >= 15 is 0 Å². The zero-order valence-corrected chi connectivity index (χ0v) is 12.5. The fourth-order valence-electron chi connectivity index (χ4n) is 2.61. The molecule has 4 aromatic rings. The van der Waals surface area contributed by atoms with Gasteiger partial charge in [-0.05, 0) is 46.7 Å². The highest BCUT2D eigenvalue weighted by molar-refractivity contribution is 5.89. The maximum Gasteiger partial charge on any atom is 0.0702 e. The Morgan fingerprint density at radius 2 is 1.65 bits per heavy atom. The van der Waals surface area contributed by atoms with Gasteiger partial charge >= 0.3 is 0 Å². The van der Waals surface area contributed by atoms with Crippen LogP contribution in [-0.2, 0) is 0 Å². The highest BCUT2D eigenvalue weighted by Gasteiger charge is 1.96. The van der Waals surface area contributed by atoms with Crippen LogP contribution in [-0.4, -0.2) is 11.2 Å². The van der Waals surface area contributed by atoms with Crippen LogP contribution in [0.5, 0.6) is 0 Å². The lowest BCUT2D eigenvalue weighted by Gasteiger charge is -2.03. The highest BCUT2D eigenvalue weighted by atomic mass is 15.3. The molecule has 0 saturated heterocycles. The number of fused-ring (bicyclic) bond motifs is 2. The van der Waals surface area contributed by atoms with Crippen LogP contribution < -0.4 is 5.43 Å². The van der Waals surface area contributed by atoms with Gasteiger partial charge in [-0.3, -0.25) is 10.4 Å². The molecule has 110 valence electrons. The lowest BCUT2D eigenvalue weighted by molar-refractivity contribution is 1.35. The molecule has 3 heteroatoms. The number of aromatic nitrogens is 1. The second-order valence-corrected chi connectivity index (χ2v) is 5.39. The number of pyridine rings is 1. The molecule has 0 aliphatic heterocycles. The summed E-state index contributed by atoms with van der Waals surface area (Å²) in [7, 11) is 0. The third-order valence-electron chi connectivity index (χ3n) is 3.78. The van der Waals surface area contributed by atoms with Gasteiger partial charge in [0.2, 0.25) is 0 Å². The summed E-state index contributed by atoms with van der Waals surface area (Å²) in [6.45, 7) is 0. The Bertz CT molecular complexity index is 1010. The molecule has 3 aromatic carbocycles. The molecule has 3 nitrogen and oxygen atoms in total. The van der Waals surface area contributed by atoms with Gasteiger partial charge in [-0.25, -0.2) is 0 Å². The minimum atomic E-state index is 0.974. The summed E-state index contributed by atoms with van der Waals surface area (Å²) in [6, 6.07) is 24.6. The van der Waals surface area contributed by atoms with E-state index < -0.39 is 0 Å². The van der Waals surface area contributed by atoms with Gasteiger partial charge in [-0.15, -0.1) is 0 Å². The van der Waals surface area contributed by atoms with E-state index in [0.717, 1.165) is 22.2 Å². The first-order valence-corrected chi connectivity index (χ1v) is 7.51. The van der Waals surface area contributed by atoms with Gasteiger partial charge < -0.3 is 0 Å². The van der Waals surface area contributed by atoms with Gasteiger partial charge in [0.15, 0.2) is 0 Å². The lowest BCUT2D eigenvalue weighted by Crippen LogP contribution is -1.91. The zero-order chi connectivity index (χ0) is 15.5. The minimum Gasteiger partial charge on any atom is -0.278 e. The van der Waals surface area contributed by atoms with E-state index in [1.54, 1.807) is 6.20 Å². The van der Waals surface area contributed by atoms with E-state index in [1.165, 1.54) is 10.8 Å². The first kappa shape index (κ1) is 13.5. The van der Waals surface area contributed by atoms with Crippen LogP contribution in [0.2, 0.25) is 0 Å². The summed E-state index contributed by atoms with van der Waals surface area (Å²) in [5.74, 6) is 0. The predicted octanol–water partition coefficient (Wildman–Crippen LogP) is 4.83. The molecule has 1 N–H and O–H groups in total. The van der Waals surface area contributed by atoms with Gasteiger partial charge in [0, 0.05) is 11.6 Å². The van der Waals surface area contributed by atoms with Crippen molar-refractivity contribution in [2.45, 2.75) is 0 Å². The molecule has 0 amide bonds. The number of nitrogens with one attached hydrogen (secondary N) is 1. The molecule has 4 rings (SSSR count). The Morgan fingerprint density at radius 3 is 2.61 bits per heavy atom. The molecule has 0 aliphatic rings. The van der Waals surface area contributed by atoms with Crippen LogP contribution in [0.15, 0.2) is 84.1 Å². The molecule has 0 fully saturated rings. The van der Waals surface area contributed by atoms with Crippen molar-refractivity contribution in [2.24, 2.45) is 5.10 Å². The van der Waals surface area contributed by atoms with E-state index in [0.29, 0.717) is 0 Å². The molecule has 1 aromatic heterocycles. The van der Waals surface area contributed by atoms with E-state index in [-0.39, 0.29) is 0 Å². The van der Waals surface area contributed by atoms with Gasteiger partial charge in [0.25, 0.3) is 0 Å². The Hall–Kier alpha value is -3.20. The van der Waals surface area contributed by atoms with Crippen molar-refractivity contribution in [3.05, 3.63) is 84.6 Å². The Kier molecular flexibility index (Phi) is 3.45. The van der Waals surface area contributed by atoms with E-state index in [1.807, 2.05) is 42.6 Å². The Balaban J connectivity index is 1.55. The number of nitrogens with zero attached hydrogens (tertiary/aromatic N) is 2. The van der Waals surface area contributed by atoms with Crippen molar-refractivity contribution >= 4 is 33.6 Å². The molecule has 0 spiro atoms. The van der Waals surface area contributed by atoms with E-state index in [9.17, 15) is 0 Å². The molecular formula is C20H15N3. The molecule has 0 unspecified atom stereocenters. The molecule has 23 heavy (non-hydrogen) atoms. The molecular weight excluding hydrogens is 282 g/mol. The second-order valence-electron chi connectivity index (χ2n) is 5.39. The number of hydrogen-bond donors (Lipinski definition) is 1. The molecule has 0 radical (unpaired) electrons. The van der Waals surface area contributed by atoms with Gasteiger partial charge in [0.1, 0.15) is 0 Å². The van der Waals surface area contributed by atoms with Gasteiger partial charge in [-0.2, -0.15) is 5.10 Å². The van der Waals surface area contributed by atoms with Crippen LogP contribution in [0.4, 0.5) is 5.69 Å². The first-order chi connectivity index (χ1) is 11.4. The van der Waals surface area contributed by atoms with Crippen molar-refractivity contribution in [3.8, 4) is 0 Å². The Morgan fingerprint density at radius 1 is 0.783 bits per heavy atom. The van der Waals surface area contributed by atoms with Crippen molar-refractivity contribution < 1.29 is 0 Å². The monoisotopic (exact) mass is 297 g/mol. The highest BCUT2D eigenvalue weighted by Crippen LogP contribution is 2.18. The zero-order valence-electron chi connectivity index (χ0n) is 12.5. The number of hydrazone groups is 1. The average Bonchev–Trinajstić information content (AvgIpc) is 2.61. The van der Waals surface area contributed by atoms with E-state index in [2.05, 4.69) is 51.9 Å².